The van der Waals surface area contributed by atoms with E-state index in [9.17, 15) is 0 Å². The van der Waals surface area contributed by atoms with Crippen LogP contribution in [-0.4, -0.2) is 3.21 Å². The van der Waals surface area contributed by atoms with Gasteiger partial charge in [-0.2, -0.15) is 0 Å². The van der Waals surface area contributed by atoms with Gasteiger partial charge in [-0.05, 0) is 0 Å². The van der Waals surface area contributed by atoms with Crippen molar-refractivity contribution in [2.45, 2.75) is 110 Å². The first-order valence-electron chi connectivity index (χ1n) is 20.1. The van der Waals surface area contributed by atoms with Gasteiger partial charge in [0, 0.05) is 0 Å². The van der Waals surface area contributed by atoms with Crippen LogP contribution >= 0.6 is 0 Å². The first kappa shape index (κ1) is 41.8. The van der Waals surface area contributed by atoms with Gasteiger partial charge in [0.05, 0.1) is 0 Å². The average Bonchev–Trinajstić information content (AvgIpc) is 3.78. The molecule has 4 aromatic rings. The molecule has 0 fully saturated rings. The Morgan fingerprint density at radius 1 is 0.636 bits per heavy atom. The molecule has 0 saturated heterocycles. The second kappa shape index (κ2) is 14.8. The smallest absolute Gasteiger partial charge is 1.00 e. The van der Waals surface area contributed by atoms with Crippen molar-refractivity contribution < 1.29 is 46.1 Å². The van der Waals surface area contributed by atoms with Gasteiger partial charge in [0.15, 0.2) is 0 Å². The Bertz CT molecular complexity index is 2210. The average molecular weight is 845 g/mol. The van der Waals surface area contributed by atoms with Crippen LogP contribution in [0.5, 0.6) is 0 Å². The summed E-state index contributed by atoms with van der Waals surface area (Å²) in [6.07, 6.45) is 12.8. The Morgan fingerprint density at radius 2 is 1.07 bits per heavy atom. The Balaban J connectivity index is 0.00000257. The summed E-state index contributed by atoms with van der Waals surface area (Å²) >= 11 is -3.02. The number of fused-ring (bicyclic) bond motifs is 5. The second-order valence-electron chi connectivity index (χ2n) is 18.9. The number of rotatable bonds is 6. The van der Waals surface area contributed by atoms with Gasteiger partial charge in [-0.3, -0.25) is 0 Å². The molecule has 0 spiro atoms. The largest absolute Gasteiger partial charge is 1.00 e. The van der Waals surface area contributed by atoms with Crippen LogP contribution < -0.4 is 24.8 Å². The van der Waals surface area contributed by atoms with Crippen LogP contribution in [0.25, 0.3) is 22.3 Å². The number of hydrogen-bond acceptors (Lipinski definition) is 0. The molecule has 0 bridgehead atoms. The van der Waals surface area contributed by atoms with Crippen molar-refractivity contribution >= 4 is 14.4 Å². The number of halogens is 2. The Kier molecular flexibility index (Phi) is 11.3. The monoisotopic (exact) mass is 842 g/mol. The minimum Gasteiger partial charge on any atom is -1.00 e. The zero-order chi connectivity index (χ0) is 37.8. The fraction of sp³-hybridized carbons (Fsp3) is 0.365. The van der Waals surface area contributed by atoms with E-state index in [0.29, 0.717) is 9.54 Å². The van der Waals surface area contributed by atoms with Gasteiger partial charge < -0.3 is 24.8 Å². The van der Waals surface area contributed by atoms with Crippen LogP contribution in [-0.2, 0) is 32.1 Å². The molecule has 0 nitrogen and oxygen atoms in total. The van der Waals surface area contributed by atoms with E-state index < -0.39 is 21.3 Å². The van der Waals surface area contributed by atoms with Crippen LogP contribution in [0.4, 0.5) is 0 Å². The van der Waals surface area contributed by atoms with Gasteiger partial charge in [0.2, 0.25) is 0 Å². The van der Waals surface area contributed by atoms with Gasteiger partial charge in [-0.1, -0.05) is 0 Å². The van der Waals surface area contributed by atoms with Gasteiger partial charge >= 0.3 is 330 Å². The van der Waals surface area contributed by atoms with Crippen molar-refractivity contribution in [2.24, 2.45) is 11.3 Å². The van der Waals surface area contributed by atoms with E-state index in [2.05, 4.69) is 180 Å². The van der Waals surface area contributed by atoms with E-state index in [0.717, 1.165) is 0 Å². The SMILES string of the molecule is CCCC1C=C(C(C)(C)C)C=[C]1[Zr+2](=[C](c1ccc(C)cc1)c1ccc(C)cc1)[CH]1c2cc3c(cc2-c2cc4c(cc21)C(C)(C)C=C4C)C(C)=CC3(C)C.[Cl-].[Cl-]. The van der Waals surface area contributed by atoms with E-state index >= 15 is 0 Å². The molecule has 55 heavy (non-hydrogen) atoms. The molecule has 1 atom stereocenters. The fourth-order valence-corrected chi connectivity index (χ4v) is 19.7. The predicted octanol–water partition coefficient (Wildman–Crippen LogP) is 7.94. The molecule has 3 heteroatoms. The van der Waals surface area contributed by atoms with E-state index in [1.165, 1.54) is 85.2 Å². The summed E-state index contributed by atoms with van der Waals surface area (Å²) in [7, 11) is 0. The zero-order valence-electron chi connectivity index (χ0n) is 35.1. The van der Waals surface area contributed by atoms with Gasteiger partial charge in [0.1, 0.15) is 0 Å². The quantitative estimate of drug-likeness (QED) is 0.185. The van der Waals surface area contributed by atoms with E-state index in [1.54, 1.807) is 17.6 Å². The standard InChI is InChI=1S/C25H25.C15H14.C12H19.2ClH.Zr/c1-14-12-24(3,4)22-8-16-7-17-9-23-19(15(2)13-25(23,5)6)11-21(17)20(16)10-18(14)22;1-12-3-7-14(8-4-12)11-15-9-5-13(2)6-10-15;1-5-6-10-7-8-11(9-10)12(2,3)4;;;/h7-13H,1-6H3;3-10H,1-2H3;8-10H,5-6H2,1-4H3;2*1H;/q;;;;;+2/p-2. The van der Waals surface area contributed by atoms with Crippen LogP contribution in [0, 0.1) is 25.2 Å². The molecule has 4 aromatic carbocycles. The maximum absolute atomic E-state index is 3.02. The molecular formula is C52H58Cl2Zr. The summed E-state index contributed by atoms with van der Waals surface area (Å²) in [5.74, 6) is 0.478. The zero-order valence-corrected chi connectivity index (χ0v) is 39.0. The van der Waals surface area contributed by atoms with E-state index in [1.807, 2.05) is 0 Å². The number of benzene rings is 4. The topological polar surface area (TPSA) is 0 Å². The molecule has 0 amide bonds. The molecule has 8 rings (SSSR count). The Hall–Kier alpha value is -2.83. The summed E-state index contributed by atoms with van der Waals surface area (Å²) in [5.41, 5.74) is 22.0. The fourth-order valence-electron chi connectivity index (χ4n) is 10.1. The van der Waals surface area contributed by atoms with Crippen molar-refractivity contribution in [3.05, 3.63) is 162 Å². The Labute approximate surface area is 352 Å². The maximum Gasteiger partial charge on any atom is -1.00 e. The maximum atomic E-state index is 2.74. The van der Waals surface area contributed by atoms with Gasteiger partial charge in [0.25, 0.3) is 0 Å². The molecular weight excluding hydrogens is 787 g/mol. The number of aryl methyl sites for hydroxylation is 2. The van der Waals surface area contributed by atoms with E-state index in [-0.39, 0.29) is 41.1 Å². The summed E-state index contributed by atoms with van der Waals surface area (Å²) in [5, 5.41) is 0. The summed E-state index contributed by atoms with van der Waals surface area (Å²) < 4.78 is 3.79. The first-order valence-corrected chi connectivity index (χ1v) is 24.0. The van der Waals surface area contributed by atoms with Gasteiger partial charge in [-0.25, -0.2) is 0 Å². The molecule has 0 N–H and O–H groups in total. The molecule has 284 valence electrons. The summed E-state index contributed by atoms with van der Waals surface area (Å²) in [6, 6.07) is 29.8. The van der Waals surface area contributed by atoms with Crippen molar-refractivity contribution in [2.75, 3.05) is 0 Å². The molecule has 1 unspecified atom stereocenters. The second-order valence-corrected chi connectivity index (χ2v) is 25.0. The normalized spacial score (nSPS) is 18.3. The van der Waals surface area contributed by atoms with Crippen LogP contribution in [0.1, 0.15) is 141 Å². The summed E-state index contributed by atoms with van der Waals surface area (Å²) in [4.78, 5) is 0. The van der Waals surface area contributed by atoms with Crippen LogP contribution in [0.3, 0.4) is 0 Å². The van der Waals surface area contributed by atoms with Crippen molar-refractivity contribution in [3.8, 4) is 11.1 Å². The minimum atomic E-state index is -3.02. The van der Waals surface area contributed by atoms with Crippen LogP contribution in [0.15, 0.2) is 106 Å². The third kappa shape index (κ3) is 7.08. The first-order chi connectivity index (χ1) is 25.0. The van der Waals surface area contributed by atoms with Crippen molar-refractivity contribution in [1.82, 2.24) is 0 Å². The van der Waals surface area contributed by atoms with Crippen molar-refractivity contribution in [1.29, 1.82) is 0 Å². The number of allylic oxidation sites excluding steroid dienone is 8. The van der Waals surface area contributed by atoms with E-state index in [4.69, 9.17) is 0 Å². The summed E-state index contributed by atoms with van der Waals surface area (Å²) in [6.45, 7) is 28.4. The van der Waals surface area contributed by atoms with Crippen molar-refractivity contribution in [3.63, 3.8) is 0 Å². The molecule has 0 aromatic heterocycles. The molecule has 0 radical (unpaired) electrons. The molecule has 0 saturated carbocycles. The predicted molar refractivity (Wildman–Crippen MR) is 227 cm³/mol. The third-order valence-corrected chi connectivity index (χ3v) is 21.3. The molecule has 4 aliphatic rings. The van der Waals surface area contributed by atoms with Gasteiger partial charge in [-0.15, -0.1) is 0 Å². The third-order valence-electron chi connectivity index (χ3n) is 12.8. The number of hydrogen-bond donors (Lipinski definition) is 0. The minimum absolute atomic E-state index is 0. The molecule has 4 aliphatic carbocycles. The molecule has 0 heterocycles. The van der Waals surface area contributed by atoms with Crippen LogP contribution in [0.2, 0.25) is 0 Å². The Morgan fingerprint density at radius 3 is 1.47 bits per heavy atom. The molecule has 0 aliphatic heterocycles.